The van der Waals surface area contributed by atoms with Crippen molar-refractivity contribution < 1.29 is 17.5 Å². The van der Waals surface area contributed by atoms with Crippen LogP contribution in [-0.4, -0.2) is 53.5 Å². The van der Waals surface area contributed by atoms with Gasteiger partial charge in [0.1, 0.15) is 10.7 Å². The monoisotopic (exact) mass is 454 g/mol. The number of nitriles is 1. The maximum atomic E-state index is 12.5. The predicted octanol–water partition coefficient (Wildman–Crippen LogP) is 4.73. The quantitative estimate of drug-likeness (QED) is 0.281. The molecule has 1 unspecified atom stereocenters. The van der Waals surface area contributed by atoms with Gasteiger partial charge < -0.3 is 9.05 Å². The standard InChI is InChI=1S/C17H31N2O4PS3/c1-13(2)19(14(3)4)24(22-12-8-11-18)23-15-16(27(5,20)21)25-26-17(15)9-6-7-10-17/h13-16H,6-10,12H2,1-5H3/t15-,16+,24?/m1/s1. The van der Waals surface area contributed by atoms with Crippen molar-refractivity contribution in [2.45, 2.75) is 87.3 Å². The highest BCUT2D eigenvalue weighted by Crippen LogP contribution is 2.63. The minimum atomic E-state index is -3.25. The largest absolute Gasteiger partial charge is 0.321 e. The molecule has 2 fully saturated rings. The summed E-state index contributed by atoms with van der Waals surface area (Å²) < 4.78 is 38.9. The van der Waals surface area contributed by atoms with Gasteiger partial charge in [-0.3, -0.25) is 0 Å². The fourth-order valence-corrected chi connectivity index (χ4v) is 12.3. The Kier molecular flexibility index (Phi) is 8.76. The summed E-state index contributed by atoms with van der Waals surface area (Å²) in [5.74, 6) is 0. The molecule has 1 saturated heterocycles. The lowest BCUT2D eigenvalue weighted by atomic mass is 10.0. The van der Waals surface area contributed by atoms with Crippen LogP contribution in [0.15, 0.2) is 0 Å². The number of sulfone groups is 1. The summed E-state index contributed by atoms with van der Waals surface area (Å²) in [5, 5.41) is 8.87. The second-order valence-corrected chi connectivity index (χ2v) is 14.4. The first-order chi connectivity index (χ1) is 12.6. The summed E-state index contributed by atoms with van der Waals surface area (Å²) in [4.78, 5) is 0. The van der Waals surface area contributed by atoms with Crippen molar-refractivity contribution in [1.29, 1.82) is 5.26 Å². The van der Waals surface area contributed by atoms with Crippen molar-refractivity contribution in [2.24, 2.45) is 0 Å². The predicted molar refractivity (Wildman–Crippen MR) is 115 cm³/mol. The Morgan fingerprint density at radius 2 is 1.85 bits per heavy atom. The molecule has 1 saturated carbocycles. The van der Waals surface area contributed by atoms with Crippen LogP contribution in [0.1, 0.15) is 59.8 Å². The normalized spacial score (nSPS) is 26.3. The maximum Gasteiger partial charge on any atom is 0.259 e. The molecule has 1 aliphatic heterocycles. The van der Waals surface area contributed by atoms with Gasteiger partial charge in [0.2, 0.25) is 0 Å². The first-order valence-electron chi connectivity index (χ1n) is 9.41. The Labute approximate surface area is 173 Å². The number of nitrogens with zero attached hydrogens (tertiary/aromatic N) is 2. The Morgan fingerprint density at radius 1 is 1.26 bits per heavy atom. The van der Waals surface area contributed by atoms with E-state index in [0.717, 1.165) is 25.7 Å². The second kappa shape index (κ2) is 9.97. The molecule has 0 radical (unpaired) electrons. The molecule has 27 heavy (non-hydrogen) atoms. The lowest BCUT2D eigenvalue weighted by Crippen LogP contribution is -2.44. The van der Waals surface area contributed by atoms with E-state index >= 15 is 0 Å². The summed E-state index contributed by atoms with van der Waals surface area (Å²) in [6.07, 6.45) is 5.37. The second-order valence-electron chi connectivity index (χ2n) is 7.72. The van der Waals surface area contributed by atoms with E-state index in [-0.39, 0.29) is 16.8 Å². The highest BCUT2D eigenvalue weighted by Gasteiger charge is 2.57. The minimum absolute atomic E-state index is 0.156. The third-order valence-corrected chi connectivity index (χ3v) is 13.1. The van der Waals surface area contributed by atoms with Gasteiger partial charge in [0.15, 0.2) is 9.84 Å². The van der Waals surface area contributed by atoms with Crippen LogP contribution in [0.3, 0.4) is 0 Å². The van der Waals surface area contributed by atoms with Crippen LogP contribution in [0.25, 0.3) is 0 Å². The van der Waals surface area contributed by atoms with Crippen LogP contribution in [0.4, 0.5) is 0 Å². The zero-order valence-electron chi connectivity index (χ0n) is 16.8. The van der Waals surface area contributed by atoms with Gasteiger partial charge in [-0.25, -0.2) is 13.1 Å². The van der Waals surface area contributed by atoms with Gasteiger partial charge in [0, 0.05) is 18.3 Å². The molecule has 2 rings (SSSR count). The molecule has 2 aliphatic rings. The minimum Gasteiger partial charge on any atom is -0.321 e. The van der Waals surface area contributed by atoms with Crippen LogP contribution >= 0.6 is 30.1 Å². The SMILES string of the molecule is CC(C)N(C(C)C)P(OCCC#N)O[C@@H]1[C@H](S(C)(=O)=O)SSC12CCCC2. The van der Waals surface area contributed by atoms with Gasteiger partial charge in [0.25, 0.3) is 8.53 Å². The molecule has 0 aromatic heterocycles. The average Bonchev–Trinajstić information content (AvgIpc) is 3.15. The van der Waals surface area contributed by atoms with E-state index < -0.39 is 29.0 Å². The van der Waals surface area contributed by atoms with E-state index in [1.807, 2.05) is 0 Å². The highest BCUT2D eigenvalue weighted by atomic mass is 33.1. The van der Waals surface area contributed by atoms with Crippen LogP contribution < -0.4 is 0 Å². The highest BCUT2D eigenvalue weighted by molar-refractivity contribution is 8.79. The van der Waals surface area contributed by atoms with Gasteiger partial charge in [-0.1, -0.05) is 34.4 Å². The number of rotatable bonds is 9. The fourth-order valence-electron chi connectivity index (χ4n) is 3.66. The Morgan fingerprint density at radius 3 is 2.33 bits per heavy atom. The molecule has 0 aromatic rings. The molecule has 6 nitrogen and oxygen atoms in total. The molecule has 0 amide bonds. The summed E-state index contributed by atoms with van der Waals surface area (Å²) in [7, 11) is -1.57. The fraction of sp³-hybridized carbons (Fsp3) is 0.941. The lowest BCUT2D eigenvalue weighted by Gasteiger charge is -2.40. The van der Waals surface area contributed by atoms with Gasteiger partial charge in [-0.05, 0) is 40.5 Å². The molecular formula is C17H31N2O4PS3. The number of hydrogen-bond acceptors (Lipinski definition) is 8. The van der Waals surface area contributed by atoms with E-state index in [1.165, 1.54) is 17.0 Å². The molecule has 1 spiro atoms. The molecule has 1 heterocycles. The molecule has 0 aromatic carbocycles. The van der Waals surface area contributed by atoms with Gasteiger partial charge in [0.05, 0.1) is 23.8 Å². The molecule has 0 bridgehead atoms. The number of hydrogen-bond donors (Lipinski definition) is 0. The summed E-state index contributed by atoms with van der Waals surface area (Å²) in [6.45, 7) is 8.64. The van der Waals surface area contributed by atoms with Crippen molar-refractivity contribution in [2.75, 3.05) is 12.9 Å². The van der Waals surface area contributed by atoms with Gasteiger partial charge >= 0.3 is 0 Å². The third kappa shape index (κ3) is 5.75. The van der Waals surface area contributed by atoms with Crippen LogP contribution in [-0.2, 0) is 18.9 Å². The van der Waals surface area contributed by atoms with E-state index in [0.29, 0.717) is 13.0 Å². The molecular weight excluding hydrogens is 423 g/mol. The topological polar surface area (TPSA) is 79.6 Å². The van der Waals surface area contributed by atoms with Crippen molar-refractivity contribution in [3.8, 4) is 6.07 Å². The Bertz CT molecular complexity index is 625. The van der Waals surface area contributed by atoms with Crippen LogP contribution in [0, 0.1) is 11.3 Å². The van der Waals surface area contributed by atoms with Crippen LogP contribution in [0.5, 0.6) is 0 Å². The van der Waals surface area contributed by atoms with Crippen molar-refractivity contribution >= 4 is 40.0 Å². The van der Waals surface area contributed by atoms with Crippen molar-refractivity contribution in [1.82, 2.24) is 4.67 Å². The zero-order valence-corrected chi connectivity index (χ0v) is 20.1. The van der Waals surface area contributed by atoms with Gasteiger partial charge in [-0.15, -0.1) is 0 Å². The smallest absolute Gasteiger partial charge is 0.259 e. The molecule has 3 atom stereocenters. The van der Waals surface area contributed by atoms with Crippen molar-refractivity contribution in [3.05, 3.63) is 0 Å². The first kappa shape index (κ1) is 23.7. The molecule has 1 aliphatic carbocycles. The van der Waals surface area contributed by atoms with E-state index in [4.69, 9.17) is 14.3 Å². The van der Waals surface area contributed by atoms with E-state index in [2.05, 4.69) is 38.4 Å². The average molecular weight is 455 g/mol. The lowest BCUT2D eigenvalue weighted by molar-refractivity contribution is 0.117. The summed E-state index contributed by atoms with van der Waals surface area (Å²) in [6, 6.07) is 2.48. The molecule has 156 valence electrons. The zero-order chi connectivity index (χ0) is 20.2. The van der Waals surface area contributed by atoms with Gasteiger partial charge in [-0.2, -0.15) is 5.26 Å². The first-order valence-corrected chi connectivity index (χ1v) is 14.7. The van der Waals surface area contributed by atoms with Crippen molar-refractivity contribution in [3.63, 3.8) is 0 Å². The molecule has 0 N–H and O–H groups in total. The third-order valence-electron chi connectivity index (χ3n) is 4.81. The Hall–Kier alpha value is 0.450. The van der Waals surface area contributed by atoms with E-state index in [1.54, 1.807) is 10.8 Å². The maximum absolute atomic E-state index is 12.5. The van der Waals surface area contributed by atoms with Crippen LogP contribution in [0.2, 0.25) is 0 Å². The van der Waals surface area contributed by atoms with E-state index in [9.17, 15) is 8.42 Å². The molecule has 10 heteroatoms. The summed E-state index contributed by atoms with van der Waals surface area (Å²) in [5.41, 5.74) is 0. The summed E-state index contributed by atoms with van der Waals surface area (Å²) >= 11 is 0. The Balaban J connectivity index is 2.31.